The van der Waals surface area contributed by atoms with Gasteiger partial charge in [-0.3, -0.25) is 5.32 Å². The van der Waals surface area contributed by atoms with Crippen molar-refractivity contribution in [1.82, 2.24) is 5.32 Å². The molecule has 1 saturated heterocycles. The van der Waals surface area contributed by atoms with Crippen molar-refractivity contribution >= 4 is 17.7 Å². The summed E-state index contributed by atoms with van der Waals surface area (Å²) in [6.07, 6.45) is -3.80. The van der Waals surface area contributed by atoms with Gasteiger partial charge in [0.2, 0.25) is 0 Å². The fraction of sp³-hybridized carbons (Fsp3) is 0.391. The van der Waals surface area contributed by atoms with Crippen LogP contribution in [0.15, 0.2) is 36.4 Å². The van der Waals surface area contributed by atoms with Crippen molar-refractivity contribution in [3.8, 4) is 5.75 Å². The summed E-state index contributed by atoms with van der Waals surface area (Å²) in [7, 11) is 0. The van der Waals surface area contributed by atoms with Gasteiger partial charge in [0.1, 0.15) is 0 Å². The standard InChI is InChI=1S/C23H23F3N2O4/c24-23(25,26)21(29)32-20-18(28-22(30)31)8-7-17(15-6-3-9-27-12-15)19(20)16-10-13-4-1-2-5-14(13)11-16/h1-2,4-5,7-8,15-16,27-28H,3,6,9-12H2,(H,30,31)/t15-/m1/s1. The van der Waals surface area contributed by atoms with E-state index in [0.717, 1.165) is 36.1 Å². The monoisotopic (exact) mass is 448 g/mol. The lowest BCUT2D eigenvalue weighted by Crippen LogP contribution is -2.31. The molecule has 1 aliphatic carbocycles. The van der Waals surface area contributed by atoms with Crippen LogP contribution < -0.4 is 15.4 Å². The number of esters is 1. The van der Waals surface area contributed by atoms with Gasteiger partial charge in [-0.15, -0.1) is 0 Å². The van der Waals surface area contributed by atoms with Gasteiger partial charge in [0.25, 0.3) is 0 Å². The van der Waals surface area contributed by atoms with Crippen molar-refractivity contribution in [3.05, 3.63) is 58.7 Å². The molecule has 4 rings (SSSR count). The van der Waals surface area contributed by atoms with E-state index >= 15 is 0 Å². The number of hydrogen-bond acceptors (Lipinski definition) is 4. The van der Waals surface area contributed by atoms with E-state index in [-0.39, 0.29) is 23.3 Å². The van der Waals surface area contributed by atoms with Crippen LogP contribution in [-0.2, 0) is 17.6 Å². The third kappa shape index (κ3) is 4.57. The summed E-state index contributed by atoms with van der Waals surface area (Å²) in [6, 6.07) is 10.9. The molecule has 0 unspecified atom stereocenters. The second kappa shape index (κ2) is 8.82. The Morgan fingerprint density at radius 1 is 1.06 bits per heavy atom. The number of carbonyl (C=O) groups is 2. The van der Waals surface area contributed by atoms with Crippen LogP contribution in [-0.4, -0.2) is 36.4 Å². The summed E-state index contributed by atoms with van der Waals surface area (Å²) >= 11 is 0. The maximum absolute atomic E-state index is 13.1. The van der Waals surface area contributed by atoms with Crippen molar-refractivity contribution in [2.45, 2.75) is 43.7 Å². The molecule has 1 fully saturated rings. The Balaban J connectivity index is 1.85. The van der Waals surface area contributed by atoms with Gasteiger partial charge < -0.3 is 15.2 Å². The van der Waals surface area contributed by atoms with E-state index in [9.17, 15) is 27.9 Å². The normalized spacial score (nSPS) is 18.8. The number of carbonyl (C=O) groups excluding carboxylic acids is 1. The quantitative estimate of drug-likeness (QED) is 0.470. The van der Waals surface area contributed by atoms with Crippen molar-refractivity contribution in [1.29, 1.82) is 0 Å². The van der Waals surface area contributed by atoms with E-state index < -0.39 is 18.2 Å². The summed E-state index contributed by atoms with van der Waals surface area (Å²) in [6.45, 7) is 1.50. The Bertz CT molecular complexity index is 1010. The zero-order valence-electron chi connectivity index (χ0n) is 17.2. The fourth-order valence-electron chi connectivity index (χ4n) is 4.75. The smallest absolute Gasteiger partial charge is 0.465 e. The Labute approximate surface area is 182 Å². The average molecular weight is 448 g/mol. The predicted molar refractivity (Wildman–Crippen MR) is 111 cm³/mol. The Hall–Kier alpha value is -3.07. The van der Waals surface area contributed by atoms with Crippen molar-refractivity contribution in [2.24, 2.45) is 0 Å². The highest BCUT2D eigenvalue weighted by molar-refractivity contribution is 5.88. The molecule has 0 aromatic heterocycles. The minimum atomic E-state index is -5.21. The van der Waals surface area contributed by atoms with Gasteiger partial charge in [-0.2, -0.15) is 13.2 Å². The number of amides is 1. The van der Waals surface area contributed by atoms with Gasteiger partial charge in [0.15, 0.2) is 5.75 Å². The van der Waals surface area contributed by atoms with Crippen molar-refractivity contribution in [2.75, 3.05) is 18.4 Å². The molecule has 0 spiro atoms. The minimum Gasteiger partial charge on any atom is -0.465 e. The molecule has 1 heterocycles. The number of alkyl halides is 3. The molecule has 1 amide bonds. The first-order chi connectivity index (χ1) is 15.2. The molecule has 0 bridgehead atoms. The zero-order chi connectivity index (χ0) is 22.9. The molecule has 1 atom stereocenters. The summed E-state index contributed by atoms with van der Waals surface area (Å²) in [5.41, 5.74) is 3.24. The van der Waals surface area contributed by atoms with E-state index in [2.05, 4.69) is 10.6 Å². The van der Waals surface area contributed by atoms with Crippen LogP contribution in [0.5, 0.6) is 5.75 Å². The predicted octanol–water partition coefficient (Wildman–Crippen LogP) is 4.59. The molecule has 2 aromatic rings. The lowest BCUT2D eigenvalue weighted by molar-refractivity contribution is -0.189. The zero-order valence-corrected chi connectivity index (χ0v) is 17.2. The second-order valence-electron chi connectivity index (χ2n) is 8.18. The van der Waals surface area contributed by atoms with Gasteiger partial charge in [0, 0.05) is 12.1 Å². The van der Waals surface area contributed by atoms with Crippen LogP contribution in [0.1, 0.15) is 46.9 Å². The number of piperidine rings is 1. The SMILES string of the molecule is O=C(O)Nc1ccc([C@@H]2CCCNC2)c(C2Cc3ccccc3C2)c1OC(=O)C(F)(F)F. The largest absolute Gasteiger partial charge is 0.491 e. The highest BCUT2D eigenvalue weighted by atomic mass is 19.4. The summed E-state index contributed by atoms with van der Waals surface area (Å²) in [5.74, 6) is -2.95. The number of benzene rings is 2. The number of anilines is 1. The Morgan fingerprint density at radius 2 is 1.75 bits per heavy atom. The Kier molecular flexibility index (Phi) is 6.10. The van der Waals surface area contributed by atoms with Crippen LogP contribution in [0, 0.1) is 0 Å². The molecular formula is C23H23F3N2O4. The fourth-order valence-corrected chi connectivity index (χ4v) is 4.75. The maximum Gasteiger partial charge on any atom is 0.491 e. The molecule has 2 aromatic carbocycles. The number of rotatable bonds is 4. The highest BCUT2D eigenvalue weighted by Crippen LogP contribution is 2.46. The average Bonchev–Trinajstić information content (AvgIpc) is 3.18. The van der Waals surface area contributed by atoms with Crippen molar-refractivity contribution in [3.63, 3.8) is 0 Å². The van der Waals surface area contributed by atoms with Crippen molar-refractivity contribution < 1.29 is 32.6 Å². The Morgan fingerprint density at radius 3 is 2.31 bits per heavy atom. The molecule has 0 radical (unpaired) electrons. The molecule has 2 aliphatic rings. The highest BCUT2D eigenvalue weighted by Gasteiger charge is 2.43. The molecule has 170 valence electrons. The maximum atomic E-state index is 13.1. The van der Waals surface area contributed by atoms with Crippen LogP contribution in [0.3, 0.4) is 0 Å². The second-order valence-corrected chi connectivity index (χ2v) is 8.18. The molecular weight excluding hydrogens is 425 g/mol. The lowest BCUT2D eigenvalue weighted by atomic mass is 9.82. The first-order valence-corrected chi connectivity index (χ1v) is 10.5. The number of fused-ring (bicyclic) bond motifs is 1. The third-order valence-electron chi connectivity index (χ3n) is 6.09. The van der Waals surface area contributed by atoms with Crippen LogP contribution in [0.2, 0.25) is 0 Å². The molecule has 1 aliphatic heterocycles. The van der Waals surface area contributed by atoms with E-state index in [1.165, 1.54) is 6.07 Å². The molecule has 9 heteroatoms. The first kappa shape index (κ1) is 22.1. The summed E-state index contributed by atoms with van der Waals surface area (Å²) in [4.78, 5) is 23.1. The molecule has 3 N–H and O–H groups in total. The van der Waals surface area contributed by atoms with E-state index in [1.807, 2.05) is 24.3 Å². The molecule has 0 saturated carbocycles. The van der Waals surface area contributed by atoms with E-state index in [0.29, 0.717) is 24.9 Å². The number of halogens is 3. The third-order valence-corrected chi connectivity index (χ3v) is 6.09. The summed E-state index contributed by atoms with van der Waals surface area (Å²) in [5, 5.41) is 14.6. The first-order valence-electron chi connectivity index (χ1n) is 10.5. The molecule has 6 nitrogen and oxygen atoms in total. The van der Waals surface area contributed by atoms with Gasteiger partial charge in [-0.05, 0) is 66.8 Å². The van der Waals surface area contributed by atoms with Gasteiger partial charge in [-0.25, -0.2) is 9.59 Å². The van der Waals surface area contributed by atoms with E-state index in [4.69, 9.17) is 4.74 Å². The van der Waals surface area contributed by atoms with Gasteiger partial charge >= 0.3 is 18.2 Å². The van der Waals surface area contributed by atoms with Crippen LogP contribution in [0.4, 0.5) is 23.7 Å². The lowest BCUT2D eigenvalue weighted by Gasteiger charge is -2.29. The number of nitrogens with one attached hydrogen (secondary N) is 2. The van der Waals surface area contributed by atoms with Crippen LogP contribution >= 0.6 is 0 Å². The topological polar surface area (TPSA) is 87.7 Å². The summed E-state index contributed by atoms with van der Waals surface area (Å²) < 4.78 is 44.1. The number of carboxylic acid groups (broad SMARTS) is 1. The number of ether oxygens (including phenoxy) is 1. The molecule has 32 heavy (non-hydrogen) atoms. The number of hydrogen-bond donors (Lipinski definition) is 3. The van der Waals surface area contributed by atoms with Gasteiger partial charge in [0.05, 0.1) is 5.69 Å². The van der Waals surface area contributed by atoms with Gasteiger partial charge in [-0.1, -0.05) is 30.3 Å². The van der Waals surface area contributed by atoms with E-state index in [1.54, 1.807) is 6.07 Å². The minimum absolute atomic E-state index is 0.0182. The van der Waals surface area contributed by atoms with Crippen LogP contribution in [0.25, 0.3) is 0 Å².